The summed E-state index contributed by atoms with van der Waals surface area (Å²) in [6.07, 6.45) is 15.0. The van der Waals surface area contributed by atoms with Crippen LogP contribution in [-0.4, -0.2) is 5.97 Å². The number of terminal acetylenes is 1. The Morgan fingerprint density at radius 3 is 2.11 bits per heavy atom. The van der Waals surface area contributed by atoms with E-state index in [1.807, 2.05) is 12.1 Å². The molecule has 0 atom stereocenters. The Labute approximate surface area is 208 Å². The molecule has 178 valence electrons. The van der Waals surface area contributed by atoms with Crippen LogP contribution in [0.1, 0.15) is 73.2 Å². The lowest BCUT2D eigenvalue weighted by molar-refractivity contribution is 0.0736. The Morgan fingerprint density at radius 1 is 0.829 bits per heavy atom. The standard InChI is InChI=1S/C31H32N2O2/c1-2-3-4-5-6-22-7-9-23(10-8-22)24-11-13-25(14-12-24)26-15-18-28(19-16-26)35-31(34)29-20-17-27(32)21-30(29)33/h1,15-25H,7-14,32-33H2. The van der Waals surface area contributed by atoms with Gasteiger partial charge in [0.1, 0.15) is 5.75 Å². The maximum atomic E-state index is 12.5. The van der Waals surface area contributed by atoms with Crippen molar-refractivity contribution in [3.8, 4) is 41.8 Å². The van der Waals surface area contributed by atoms with Crippen molar-refractivity contribution in [3.05, 3.63) is 53.6 Å². The number of hydrogen-bond donors (Lipinski definition) is 2. The molecule has 0 spiro atoms. The van der Waals surface area contributed by atoms with Crippen molar-refractivity contribution in [2.45, 2.75) is 57.3 Å². The van der Waals surface area contributed by atoms with Crippen molar-refractivity contribution in [1.82, 2.24) is 0 Å². The van der Waals surface area contributed by atoms with Crippen LogP contribution in [0.15, 0.2) is 42.5 Å². The second-order valence-corrected chi connectivity index (χ2v) is 9.69. The van der Waals surface area contributed by atoms with Crippen LogP contribution in [0, 0.1) is 53.8 Å². The Hall–Kier alpha value is -3.81. The number of carbonyl (C=O) groups is 1. The van der Waals surface area contributed by atoms with Crippen molar-refractivity contribution in [1.29, 1.82) is 0 Å². The number of esters is 1. The molecule has 4 heteroatoms. The van der Waals surface area contributed by atoms with Gasteiger partial charge in [0.2, 0.25) is 0 Å². The van der Waals surface area contributed by atoms with Gasteiger partial charge in [0.15, 0.2) is 0 Å². The summed E-state index contributed by atoms with van der Waals surface area (Å²) in [4.78, 5) is 12.5. The Morgan fingerprint density at radius 2 is 1.49 bits per heavy atom. The normalized spacial score (nSPS) is 23.5. The Kier molecular flexibility index (Phi) is 8.03. The fourth-order valence-electron chi connectivity index (χ4n) is 5.60. The summed E-state index contributed by atoms with van der Waals surface area (Å²) >= 11 is 0. The molecule has 0 unspecified atom stereocenters. The zero-order valence-electron chi connectivity index (χ0n) is 20.1. The van der Waals surface area contributed by atoms with E-state index in [0.717, 1.165) is 11.8 Å². The molecule has 0 heterocycles. The van der Waals surface area contributed by atoms with E-state index in [2.05, 4.69) is 41.7 Å². The minimum absolute atomic E-state index is 0.319. The van der Waals surface area contributed by atoms with Crippen molar-refractivity contribution in [2.24, 2.45) is 17.8 Å². The van der Waals surface area contributed by atoms with Gasteiger partial charge in [-0.15, -0.1) is 6.42 Å². The van der Waals surface area contributed by atoms with Crippen molar-refractivity contribution in [3.63, 3.8) is 0 Å². The second kappa shape index (κ2) is 11.6. The maximum absolute atomic E-state index is 12.5. The van der Waals surface area contributed by atoms with Crippen LogP contribution in [0.5, 0.6) is 5.75 Å². The highest BCUT2D eigenvalue weighted by Crippen LogP contribution is 2.44. The zero-order chi connectivity index (χ0) is 24.6. The molecule has 2 aromatic rings. The van der Waals surface area contributed by atoms with Gasteiger partial charge in [-0.25, -0.2) is 4.79 Å². The topological polar surface area (TPSA) is 78.3 Å². The molecule has 0 radical (unpaired) electrons. The van der Waals surface area contributed by atoms with E-state index < -0.39 is 5.97 Å². The predicted molar refractivity (Wildman–Crippen MR) is 141 cm³/mol. The van der Waals surface area contributed by atoms with Crippen molar-refractivity contribution in [2.75, 3.05) is 11.5 Å². The predicted octanol–water partition coefficient (Wildman–Crippen LogP) is 5.79. The first-order chi connectivity index (χ1) is 17.0. The zero-order valence-corrected chi connectivity index (χ0v) is 20.1. The van der Waals surface area contributed by atoms with E-state index in [1.165, 1.54) is 56.9 Å². The molecule has 2 aromatic carbocycles. The third-order valence-corrected chi connectivity index (χ3v) is 7.54. The van der Waals surface area contributed by atoms with Gasteiger partial charge in [-0.05, 0) is 129 Å². The number of benzene rings is 2. The Bertz CT molecular complexity index is 1200. The average Bonchev–Trinajstić information content (AvgIpc) is 2.87. The van der Waals surface area contributed by atoms with Crippen LogP contribution in [-0.2, 0) is 0 Å². The summed E-state index contributed by atoms with van der Waals surface area (Å²) in [6, 6.07) is 12.7. The maximum Gasteiger partial charge on any atom is 0.345 e. The molecule has 0 bridgehead atoms. The van der Waals surface area contributed by atoms with E-state index in [4.69, 9.17) is 22.6 Å². The van der Waals surface area contributed by atoms with Gasteiger partial charge in [0, 0.05) is 17.3 Å². The minimum Gasteiger partial charge on any atom is -0.423 e. The molecule has 0 amide bonds. The van der Waals surface area contributed by atoms with E-state index in [9.17, 15) is 4.79 Å². The van der Waals surface area contributed by atoms with Crippen LogP contribution in [0.2, 0.25) is 0 Å². The monoisotopic (exact) mass is 464 g/mol. The second-order valence-electron chi connectivity index (χ2n) is 9.69. The molecule has 0 saturated heterocycles. The molecule has 2 aliphatic rings. The summed E-state index contributed by atoms with van der Waals surface area (Å²) in [5, 5.41) is 0. The van der Waals surface area contributed by atoms with Crippen LogP contribution >= 0.6 is 0 Å². The fourth-order valence-corrected chi connectivity index (χ4v) is 5.60. The van der Waals surface area contributed by atoms with Gasteiger partial charge in [-0.1, -0.05) is 18.1 Å². The fraction of sp³-hybridized carbons (Fsp3) is 0.387. The van der Waals surface area contributed by atoms with E-state index >= 15 is 0 Å². The summed E-state index contributed by atoms with van der Waals surface area (Å²) in [5.74, 6) is 16.5. The van der Waals surface area contributed by atoms with Crippen molar-refractivity contribution < 1.29 is 9.53 Å². The molecule has 4 nitrogen and oxygen atoms in total. The lowest BCUT2D eigenvalue weighted by Gasteiger charge is -2.37. The number of nitrogen functional groups attached to an aromatic ring is 2. The first-order valence-electron chi connectivity index (χ1n) is 12.5. The third-order valence-electron chi connectivity index (χ3n) is 7.54. The largest absolute Gasteiger partial charge is 0.423 e. The number of hydrogen-bond acceptors (Lipinski definition) is 4. The van der Waals surface area contributed by atoms with Gasteiger partial charge in [-0.2, -0.15) is 0 Å². The highest BCUT2D eigenvalue weighted by Gasteiger charge is 2.31. The van der Waals surface area contributed by atoms with Gasteiger partial charge in [0.05, 0.1) is 5.56 Å². The molecular formula is C31H32N2O2. The molecule has 35 heavy (non-hydrogen) atoms. The van der Waals surface area contributed by atoms with Gasteiger partial charge >= 0.3 is 5.97 Å². The Balaban J connectivity index is 1.25. The number of rotatable bonds is 4. The van der Waals surface area contributed by atoms with Gasteiger partial charge in [-0.3, -0.25) is 0 Å². The first-order valence-corrected chi connectivity index (χ1v) is 12.5. The van der Waals surface area contributed by atoms with Crippen LogP contribution in [0.25, 0.3) is 0 Å². The molecule has 4 rings (SSSR count). The summed E-state index contributed by atoms with van der Waals surface area (Å²) in [5.41, 5.74) is 14.1. The molecule has 0 aromatic heterocycles. The molecule has 2 fully saturated rings. The van der Waals surface area contributed by atoms with E-state index in [-0.39, 0.29) is 0 Å². The van der Waals surface area contributed by atoms with E-state index in [1.54, 1.807) is 18.2 Å². The summed E-state index contributed by atoms with van der Waals surface area (Å²) in [7, 11) is 0. The smallest absolute Gasteiger partial charge is 0.345 e. The van der Waals surface area contributed by atoms with Gasteiger partial charge < -0.3 is 16.2 Å². The number of carbonyl (C=O) groups excluding carboxylic acids is 1. The van der Waals surface area contributed by atoms with Crippen LogP contribution in [0.4, 0.5) is 11.4 Å². The average molecular weight is 465 g/mol. The SMILES string of the molecule is C#CC#CC#CC1CCC(C2CCC(c3ccc(OC(=O)c4ccc(N)cc4N)cc3)CC2)CC1. The molecular weight excluding hydrogens is 432 g/mol. The quantitative estimate of drug-likeness (QED) is 0.260. The molecule has 0 aliphatic heterocycles. The number of ether oxygens (including phenoxy) is 1. The summed E-state index contributed by atoms with van der Waals surface area (Å²) in [6.45, 7) is 0. The molecule has 4 N–H and O–H groups in total. The van der Waals surface area contributed by atoms with Crippen LogP contribution in [0.3, 0.4) is 0 Å². The van der Waals surface area contributed by atoms with Crippen molar-refractivity contribution >= 4 is 17.3 Å². The molecule has 2 aliphatic carbocycles. The van der Waals surface area contributed by atoms with E-state index in [0.29, 0.717) is 34.5 Å². The highest BCUT2D eigenvalue weighted by molar-refractivity contribution is 5.97. The molecule has 2 saturated carbocycles. The lowest BCUT2D eigenvalue weighted by Crippen LogP contribution is -2.25. The highest BCUT2D eigenvalue weighted by atomic mass is 16.5. The summed E-state index contributed by atoms with van der Waals surface area (Å²) < 4.78 is 5.52. The number of nitrogens with two attached hydrogens (primary N) is 2. The first kappa shape index (κ1) is 24.3. The lowest BCUT2D eigenvalue weighted by atomic mass is 9.68. The van der Waals surface area contributed by atoms with Gasteiger partial charge in [0.25, 0.3) is 0 Å². The number of anilines is 2. The van der Waals surface area contributed by atoms with Crippen LogP contribution < -0.4 is 16.2 Å². The minimum atomic E-state index is -0.475. The third kappa shape index (κ3) is 6.41.